The number of para-hydroxylation sites is 1. The third kappa shape index (κ3) is 6.29. The Morgan fingerprint density at radius 3 is 2.39 bits per heavy atom. The number of carbonyl (C=O) groups is 3. The molecule has 0 radical (unpaired) electrons. The van der Waals surface area contributed by atoms with Crippen molar-refractivity contribution in [2.24, 2.45) is 5.10 Å². The molecule has 0 atom stereocenters. The van der Waals surface area contributed by atoms with Crippen LogP contribution in [0.4, 0.5) is 9.80 Å². The van der Waals surface area contributed by atoms with Crippen LogP contribution in [-0.2, 0) is 9.47 Å². The van der Waals surface area contributed by atoms with Crippen LogP contribution in [0.2, 0.25) is 0 Å². The number of esters is 2. The quantitative estimate of drug-likeness (QED) is 0.341. The molecule has 2 rings (SSSR count). The minimum Gasteiger partial charge on any atom is -0.493 e. The van der Waals surface area contributed by atoms with Crippen LogP contribution in [0.1, 0.15) is 51.9 Å². The van der Waals surface area contributed by atoms with Gasteiger partial charge in [0.05, 0.1) is 31.6 Å². The zero-order valence-corrected chi connectivity index (χ0v) is 18.6. The molecule has 0 unspecified atom stereocenters. The SMILES string of the molecule is CCOC(=O)c1sc(NC(=O)NN=Cc2ccccc2OCC)c(C(=O)OCC)c1C. The van der Waals surface area contributed by atoms with E-state index in [1.165, 1.54) is 6.21 Å². The Labute approximate surface area is 184 Å². The van der Waals surface area contributed by atoms with Crippen molar-refractivity contribution < 1.29 is 28.6 Å². The molecule has 10 heteroatoms. The molecule has 0 saturated carbocycles. The smallest absolute Gasteiger partial charge is 0.348 e. The first-order valence-electron chi connectivity index (χ1n) is 9.72. The van der Waals surface area contributed by atoms with Gasteiger partial charge in [-0.05, 0) is 45.4 Å². The predicted octanol–water partition coefficient (Wildman–Crippen LogP) is 3.96. The zero-order valence-electron chi connectivity index (χ0n) is 17.8. The molecule has 0 bridgehead atoms. The molecule has 0 saturated heterocycles. The van der Waals surface area contributed by atoms with Gasteiger partial charge in [-0.3, -0.25) is 5.32 Å². The predicted molar refractivity (Wildman–Crippen MR) is 118 cm³/mol. The molecule has 9 nitrogen and oxygen atoms in total. The number of hydrogen-bond acceptors (Lipinski definition) is 8. The Morgan fingerprint density at radius 1 is 1.03 bits per heavy atom. The molecule has 166 valence electrons. The Morgan fingerprint density at radius 2 is 1.71 bits per heavy atom. The number of thiophene rings is 1. The van der Waals surface area contributed by atoms with Crippen molar-refractivity contribution in [1.82, 2.24) is 5.43 Å². The van der Waals surface area contributed by atoms with Gasteiger partial charge in [0.2, 0.25) is 0 Å². The fraction of sp³-hybridized carbons (Fsp3) is 0.333. The molecule has 1 aromatic heterocycles. The lowest BCUT2D eigenvalue weighted by Gasteiger charge is -2.07. The van der Waals surface area contributed by atoms with E-state index in [4.69, 9.17) is 14.2 Å². The highest BCUT2D eigenvalue weighted by Crippen LogP contribution is 2.34. The Kier molecular flexibility index (Phi) is 9.01. The minimum absolute atomic E-state index is 0.107. The highest BCUT2D eigenvalue weighted by atomic mass is 32.1. The highest BCUT2D eigenvalue weighted by Gasteiger charge is 2.27. The van der Waals surface area contributed by atoms with Gasteiger partial charge in [-0.15, -0.1) is 11.3 Å². The third-order valence-corrected chi connectivity index (χ3v) is 5.09. The van der Waals surface area contributed by atoms with Gasteiger partial charge in [0.25, 0.3) is 0 Å². The molecule has 31 heavy (non-hydrogen) atoms. The van der Waals surface area contributed by atoms with Gasteiger partial charge >= 0.3 is 18.0 Å². The van der Waals surface area contributed by atoms with Gasteiger partial charge in [-0.2, -0.15) is 5.10 Å². The summed E-state index contributed by atoms with van der Waals surface area (Å²) in [6.07, 6.45) is 1.44. The van der Waals surface area contributed by atoms with E-state index in [-0.39, 0.29) is 28.7 Å². The standard InChI is InChI=1S/C21H25N3O6S/c1-5-28-15-11-9-8-10-14(15)12-22-24-21(27)23-18-16(19(25)29-6-2)13(4)17(31-18)20(26)30-7-3/h8-12H,5-7H2,1-4H3,(H2,23,24,27). The van der Waals surface area contributed by atoms with Crippen LogP contribution in [0.15, 0.2) is 29.4 Å². The number of carbonyl (C=O) groups excluding carboxylic acids is 3. The maximum Gasteiger partial charge on any atom is 0.348 e. The summed E-state index contributed by atoms with van der Waals surface area (Å²) >= 11 is 0.936. The van der Waals surface area contributed by atoms with Gasteiger partial charge in [0, 0.05) is 5.56 Å². The van der Waals surface area contributed by atoms with Crippen molar-refractivity contribution in [3.05, 3.63) is 45.8 Å². The summed E-state index contributed by atoms with van der Waals surface area (Å²) in [4.78, 5) is 37.1. The van der Waals surface area contributed by atoms with Crippen molar-refractivity contribution >= 4 is 40.5 Å². The van der Waals surface area contributed by atoms with Crippen LogP contribution in [0, 0.1) is 6.92 Å². The van der Waals surface area contributed by atoms with Crippen molar-refractivity contribution in [3.63, 3.8) is 0 Å². The van der Waals surface area contributed by atoms with E-state index in [1.807, 2.05) is 19.1 Å². The number of amides is 2. The number of ether oxygens (including phenoxy) is 3. The van der Waals surface area contributed by atoms with E-state index in [9.17, 15) is 14.4 Å². The summed E-state index contributed by atoms with van der Waals surface area (Å²) in [5, 5.41) is 6.63. The third-order valence-electron chi connectivity index (χ3n) is 3.90. The molecule has 1 heterocycles. The lowest BCUT2D eigenvalue weighted by molar-refractivity contribution is 0.0527. The van der Waals surface area contributed by atoms with Crippen molar-refractivity contribution in [2.75, 3.05) is 25.1 Å². The second-order valence-electron chi connectivity index (χ2n) is 6.00. The van der Waals surface area contributed by atoms with Crippen molar-refractivity contribution in [1.29, 1.82) is 0 Å². The van der Waals surface area contributed by atoms with E-state index in [2.05, 4.69) is 15.8 Å². The van der Waals surface area contributed by atoms with Crippen LogP contribution in [0.5, 0.6) is 5.75 Å². The van der Waals surface area contributed by atoms with E-state index in [0.717, 1.165) is 11.3 Å². The van der Waals surface area contributed by atoms with E-state index < -0.39 is 18.0 Å². The molecule has 0 aliphatic heterocycles. The highest BCUT2D eigenvalue weighted by molar-refractivity contribution is 7.18. The molecule has 2 amide bonds. The molecule has 0 fully saturated rings. The van der Waals surface area contributed by atoms with Crippen molar-refractivity contribution in [3.8, 4) is 5.75 Å². The molecular formula is C21H25N3O6S. The maximum atomic E-state index is 12.4. The van der Waals surface area contributed by atoms with Crippen LogP contribution in [0.3, 0.4) is 0 Å². The number of urea groups is 1. The average Bonchev–Trinajstić information content (AvgIpc) is 3.05. The fourth-order valence-electron chi connectivity index (χ4n) is 2.61. The normalized spacial score (nSPS) is 10.6. The van der Waals surface area contributed by atoms with Gasteiger partial charge in [-0.25, -0.2) is 19.8 Å². The number of nitrogens with zero attached hydrogens (tertiary/aromatic N) is 1. The summed E-state index contributed by atoms with van der Waals surface area (Å²) in [7, 11) is 0. The number of hydrazone groups is 1. The molecule has 0 aliphatic carbocycles. The van der Waals surface area contributed by atoms with Crippen LogP contribution >= 0.6 is 11.3 Å². The zero-order chi connectivity index (χ0) is 22.8. The minimum atomic E-state index is -0.688. The van der Waals surface area contributed by atoms with E-state index in [0.29, 0.717) is 23.5 Å². The van der Waals surface area contributed by atoms with Crippen LogP contribution in [-0.4, -0.2) is 44.0 Å². The van der Waals surface area contributed by atoms with E-state index in [1.54, 1.807) is 32.9 Å². The first-order chi connectivity index (χ1) is 14.9. The first kappa shape index (κ1) is 23.9. The number of hydrogen-bond donors (Lipinski definition) is 2. The number of nitrogens with one attached hydrogen (secondary N) is 2. The summed E-state index contributed by atoms with van der Waals surface area (Å²) in [5.74, 6) is -0.584. The summed E-state index contributed by atoms with van der Waals surface area (Å²) in [5.41, 5.74) is 3.51. The monoisotopic (exact) mass is 447 g/mol. The van der Waals surface area contributed by atoms with Gasteiger partial charge < -0.3 is 14.2 Å². The van der Waals surface area contributed by atoms with Gasteiger partial charge in [0.1, 0.15) is 15.6 Å². The van der Waals surface area contributed by atoms with Crippen molar-refractivity contribution in [2.45, 2.75) is 27.7 Å². The molecule has 0 aliphatic rings. The lowest BCUT2D eigenvalue weighted by atomic mass is 10.1. The van der Waals surface area contributed by atoms with E-state index >= 15 is 0 Å². The summed E-state index contributed by atoms with van der Waals surface area (Å²) < 4.78 is 15.6. The second kappa shape index (κ2) is 11.7. The fourth-order valence-corrected chi connectivity index (χ4v) is 3.69. The molecule has 1 aromatic carbocycles. The molecule has 2 aromatic rings. The van der Waals surface area contributed by atoms with Gasteiger partial charge in [-0.1, -0.05) is 12.1 Å². The van der Waals surface area contributed by atoms with Crippen LogP contribution < -0.4 is 15.5 Å². The topological polar surface area (TPSA) is 115 Å². The molecular weight excluding hydrogens is 422 g/mol. The maximum absolute atomic E-state index is 12.4. The van der Waals surface area contributed by atoms with Gasteiger partial charge in [0.15, 0.2) is 0 Å². The summed E-state index contributed by atoms with van der Waals surface area (Å²) in [6, 6.07) is 6.55. The largest absolute Gasteiger partial charge is 0.493 e. The Hall–Kier alpha value is -3.40. The molecule has 2 N–H and O–H groups in total. The number of rotatable bonds is 9. The Bertz CT molecular complexity index is 970. The Balaban J connectivity index is 2.19. The first-order valence-corrected chi connectivity index (χ1v) is 10.5. The number of anilines is 1. The lowest BCUT2D eigenvalue weighted by Crippen LogP contribution is -2.25. The number of benzene rings is 1. The average molecular weight is 448 g/mol. The molecule has 0 spiro atoms. The van der Waals surface area contributed by atoms with Crippen LogP contribution in [0.25, 0.3) is 0 Å². The summed E-state index contributed by atoms with van der Waals surface area (Å²) in [6.45, 7) is 7.65. The second-order valence-corrected chi connectivity index (χ2v) is 7.02.